The first-order valence-electron chi connectivity index (χ1n) is 1.46. The third kappa shape index (κ3) is 0.518. The summed E-state index contributed by atoms with van der Waals surface area (Å²) in [6.07, 6.45) is 3.02. The van der Waals surface area contributed by atoms with Crippen LogP contribution in [0, 0.1) is 6.07 Å². The van der Waals surface area contributed by atoms with Crippen LogP contribution < -0.4 is 0 Å². The number of hydrogen-bond acceptors (Lipinski definition) is 1. The van der Waals surface area contributed by atoms with Gasteiger partial charge in [-0.25, -0.2) is 0 Å². The fourth-order valence-corrected chi connectivity index (χ4v) is 0.317. The maximum absolute atomic E-state index is 5.23. The normalized spacial score (nSPS) is 8.83. The Morgan fingerprint density at radius 1 is 1.83 bits per heavy atom. The molecule has 0 aliphatic carbocycles. The number of halogens is 1. The summed E-state index contributed by atoms with van der Waals surface area (Å²) in [6.45, 7) is 0. The van der Waals surface area contributed by atoms with Crippen molar-refractivity contribution in [1.82, 2.24) is 9.30 Å². The van der Waals surface area contributed by atoms with E-state index in [-0.39, 0.29) is 0 Å². The monoisotopic (exact) mass is 101 g/mol. The molecule has 6 heavy (non-hydrogen) atoms. The van der Waals surface area contributed by atoms with Crippen molar-refractivity contribution in [3.05, 3.63) is 18.5 Å². The van der Waals surface area contributed by atoms with Crippen LogP contribution >= 0.6 is 11.8 Å². The lowest BCUT2D eigenvalue weighted by atomic mass is 10.8. The maximum atomic E-state index is 5.23. The Bertz CT molecular complexity index is 112. The van der Waals surface area contributed by atoms with Crippen LogP contribution in [-0.2, 0) is 0 Å². The summed E-state index contributed by atoms with van der Waals surface area (Å²) in [6, 6.07) is 2.65. The summed E-state index contributed by atoms with van der Waals surface area (Å²) in [7, 11) is 0. The molecule has 1 rings (SSSR count). The van der Waals surface area contributed by atoms with Crippen LogP contribution in [0.25, 0.3) is 0 Å². The van der Waals surface area contributed by atoms with Gasteiger partial charge in [0.25, 0.3) is 0 Å². The van der Waals surface area contributed by atoms with Crippen molar-refractivity contribution in [1.29, 1.82) is 0 Å². The van der Waals surface area contributed by atoms with Gasteiger partial charge >= 0.3 is 0 Å². The van der Waals surface area contributed by atoms with Gasteiger partial charge in [0.05, 0.1) is 12.4 Å². The highest BCUT2D eigenvalue weighted by Crippen LogP contribution is 1.81. The van der Waals surface area contributed by atoms with Gasteiger partial charge in [0, 0.05) is 17.8 Å². The zero-order valence-corrected chi connectivity index (χ0v) is 3.68. The largest absolute Gasteiger partial charge is 0.180 e. The van der Waals surface area contributed by atoms with E-state index in [1.54, 1.807) is 0 Å². The third-order valence-electron chi connectivity index (χ3n) is 0.424. The number of rotatable bonds is 0. The number of hydrogen-bond donors (Lipinski definition) is 0. The Kier molecular flexibility index (Phi) is 0.801. The number of aromatic nitrogens is 2. The maximum Gasteiger partial charge on any atom is 0.0584 e. The standard InChI is InChI=1S/C3H2ClN2/c4-6-3-1-2-5-6/h2-3H. The highest BCUT2D eigenvalue weighted by molar-refractivity contribution is 6.14. The van der Waals surface area contributed by atoms with Gasteiger partial charge in [-0.05, 0) is 0 Å². The quantitative estimate of drug-likeness (QED) is 0.470. The van der Waals surface area contributed by atoms with Crippen LogP contribution in [0.15, 0.2) is 12.4 Å². The van der Waals surface area contributed by atoms with Crippen molar-refractivity contribution in [2.75, 3.05) is 0 Å². The fraction of sp³-hybridized carbons (Fsp3) is 0. The molecular weight excluding hydrogens is 99.5 g/mol. The molecule has 0 saturated heterocycles. The van der Waals surface area contributed by atoms with Gasteiger partial charge in [-0.3, -0.25) is 0 Å². The molecule has 0 aliphatic heterocycles. The SMILES string of the molecule is Cln1c[c]cn1. The first kappa shape index (κ1) is 3.68. The Labute approximate surface area is 40.5 Å². The molecule has 0 saturated carbocycles. The van der Waals surface area contributed by atoms with Crippen molar-refractivity contribution in [2.45, 2.75) is 0 Å². The molecule has 0 aromatic carbocycles. The van der Waals surface area contributed by atoms with Crippen molar-refractivity contribution < 1.29 is 0 Å². The van der Waals surface area contributed by atoms with Crippen LogP contribution in [0.4, 0.5) is 0 Å². The second kappa shape index (κ2) is 1.30. The van der Waals surface area contributed by atoms with Crippen molar-refractivity contribution in [3.8, 4) is 0 Å². The molecule has 31 valence electrons. The first-order chi connectivity index (χ1) is 2.89. The van der Waals surface area contributed by atoms with Crippen LogP contribution in [0.2, 0.25) is 0 Å². The topological polar surface area (TPSA) is 17.8 Å². The molecule has 1 radical (unpaired) electrons. The summed E-state index contributed by atoms with van der Waals surface area (Å²) in [5.41, 5.74) is 0. The summed E-state index contributed by atoms with van der Waals surface area (Å²) < 4.78 is 1.17. The molecule has 0 N–H and O–H groups in total. The highest BCUT2D eigenvalue weighted by Gasteiger charge is 1.73. The van der Waals surface area contributed by atoms with E-state index in [2.05, 4.69) is 11.2 Å². The first-order valence-corrected chi connectivity index (χ1v) is 1.80. The van der Waals surface area contributed by atoms with E-state index in [0.29, 0.717) is 0 Å². The molecule has 0 spiro atoms. The van der Waals surface area contributed by atoms with Gasteiger partial charge in [0.15, 0.2) is 0 Å². The van der Waals surface area contributed by atoms with Crippen LogP contribution in [0.1, 0.15) is 0 Å². The molecule has 1 aromatic heterocycles. The van der Waals surface area contributed by atoms with E-state index in [9.17, 15) is 0 Å². The Morgan fingerprint density at radius 3 is 2.83 bits per heavy atom. The molecule has 0 amide bonds. The van der Waals surface area contributed by atoms with Gasteiger partial charge in [-0.15, -0.1) is 0 Å². The van der Waals surface area contributed by atoms with Gasteiger partial charge in [0.1, 0.15) is 0 Å². The molecule has 3 heteroatoms. The lowest BCUT2D eigenvalue weighted by Gasteiger charge is -1.71. The summed E-state index contributed by atoms with van der Waals surface area (Å²) in [4.78, 5) is 0. The summed E-state index contributed by atoms with van der Waals surface area (Å²) >= 11 is 5.23. The van der Waals surface area contributed by atoms with Gasteiger partial charge in [-0.2, -0.15) is 9.30 Å². The fourth-order valence-electron chi connectivity index (χ4n) is 0.217. The third-order valence-corrected chi connectivity index (χ3v) is 0.609. The van der Waals surface area contributed by atoms with E-state index in [1.165, 1.54) is 16.6 Å². The second-order valence-electron chi connectivity index (χ2n) is 0.829. The molecule has 1 aromatic rings. The zero-order chi connectivity index (χ0) is 4.41. The molecule has 0 aliphatic rings. The Hall–Kier alpha value is -0.500. The molecule has 0 unspecified atom stereocenters. The smallest absolute Gasteiger partial charge is 0.0584 e. The van der Waals surface area contributed by atoms with Gasteiger partial charge < -0.3 is 0 Å². The molecule has 2 nitrogen and oxygen atoms in total. The highest BCUT2D eigenvalue weighted by atomic mass is 35.5. The minimum atomic E-state index is 1.17. The molecule has 0 fully saturated rings. The van der Waals surface area contributed by atoms with Crippen LogP contribution in [-0.4, -0.2) is 9.30 Å². The zero-order valence-electron chi connectivity index (χ0n) is 2.93. The number of nitrogens with zero attached hydrogens (tertiary/aromatic N) is 2. The van der Waals surface area contributed by atoms with Crippen molar-refractivity contribution in [2.24, 2.45) is 0 Å². The predicted molar refractivity (Wildman–Crippen MR) is 22.3 cm³/mol. The molecule has 0 atom stereocenters. The Morgan fingerprint density at radius 2 is 2.67 bits per heavy atom. The van der Waals surface area contributed by atoms with Crippen LogP contribution in [0.5, 0.6) is 0 Å². The van der Waals surface area contributed by atoms with E-state index >= 15 is 0 Å². The lowest BCUT2D eigenvalue weighted by Crippen LogP contribution is -1.73. The minimum Gasteiger partial charge on any atom is -0.180 e. The van der Waals surface area contributed by atoms with Gasteiger partial charge in [-0.1, -0.05) is 0 Å². The predicted octanol–water partition coefficient (Wildman–Crippen LogP) is 0.685. The van der Waals surface area contributed by atoms with Crippen molar-refractivity contribution in [3.63, 3.8) is 0 Å². The average Bonchev–Trinajstić information content (AvgIpc) is 1.86. The lowest BCUT2D eigenvalue weighted by molar-refractivity contribution is 0.994. The molecule has 1 heterocycles. The van der Waals surface area contributed by atoms with Crippen molar-refractivity contribution >= 4 is 11.8 Å². The summed E-state index contributed by atoms with van der Waals surface area (Å²) in [5.74, 6) is 0. The molecular formula is C3H2ClN2. The molecule has 0 bridgehead atoms. The van der Waals surface area contributed by atoms with E-state index in [0.717, 1.165) is 0 Å². The summed E-state index contributed by atoms with van der Waals surface area (Å²) in [5, 5.41) is 3.54. The van der Waals surface area contributed by atoms with E-state index < -0.39 is 0 Å². The average molecular weight is 102 g/mol. The Balaban J connectivity index is 3.05. The van der Waals surface area contributed by atoms with Crippen LogP contribution in [0.3, 0.4) is 0 Å². The van der Waals surface area contributed by atoms with Gasteiger partial charge in [0.2, 0.25) is 0 Å². The van der Waals surface area contributed by atoms with E-state index in [4.69, 9.17) is 11.8 Å². The second-order valence-corrected chi connectivity index (χ2v) is 1.18. The minimum absolute atomic E-state index is 1.17. The van der Waals surface area contributed by atoms with E-state index in [1.807, 2.05) is 0 Å².